The topological polar surface area (TPSA) is 51.2 Å². The molecule has 0 aliphatic carbocycles. The van der Waals surface area contributed by atoms with E-state index in [4.69, 9.17) is 10.3 Å². The van der Waals surface area contributed by atoms with E-state index in [0.29, 0.717) is 5.56 Å². The number of hydrazine groups is 1. The number of nitrogens with two attached hydrogens (primary N) is 1. The second-order valence-corrected chi connectivity index (χ2v) is 5.37. The molecule has 3 aromatic rings. The molecule has 3 N–H and O–H groups in total. The van der Waals surface area contributed by atoms with Crippen molar-refractivity contribution in [1.82, 2.24) is 5.43 Å². The van der Waals surface area contributed by atoms with Gasteiger partial charge in [-0.05, 0) is 24.3 Å². The lowest BCUT2D eigenvalue weighted by Gasteiger charge is -2.16. The minimum Gasteiger partial charge on any atom is -0.464 e. The summed E-state index contributed by atoms with van der Waals surface area (Å²) in [5, 5.41) is 0.912. The van der Waals surface area contributed by atoms with Gasteiger partial charge in [-0.1, -0.05) is 34.1 Å². The Balaban J connectivity index is 2.16. The fourth-order valence-corrected chi connectivity index (χ4v) is 2.68. The molecule has 20 heavy (non-hydrogen) atoms. The molecular formula is C15H12BrFN2O. The van der Waals surface area contributed by atoms with Crippen molar-refractivity contribution in [1.29, 1.82) is 0 Å². The van der Waals surface area contributed by atoms with Crippen LogP contribution in [0.2, 0.25) is 0 Å². The van der Waals surface area contributed by atoms with Crippen LogP contribution in [0.5, 0.6) is 0 Å². The fourth-order valence-electron chi connectivity index (χ4n) is 2.30. The summed E-state index contributed by atoms with van der Waals surface area (Å²) in [6.45, 7) is 0. The molecule has 0 radical (unpaired) electrons. The third-order valence-electron chi connectivity index (χ3n) is 3.26. The number of rotatable bonds is 3. The van der Waals surface area contributed by atoms with Crippen molar-refractivity contribution in [3.63, 3.8) is 0 Å². The number of hydrogen-bond donors (Lipinski definition) is 2. The molecule has 0 fully saturated rings. The standard InChI is InChI=1S/C15H12BrFN2O/c16-9-5-6-13(17)11(7-9)15(19-18)12-8-20-14-4-2-1-3-10(12)14/h1-8,15,19H,18H2. The highest BCUT2D eigenvalue weighted by molar-refractivity contribution is 9.10. The van der Waals surface area contributed by atoms with E-state index in [1.807, 2.05) is 24.3 Å². The van der Waals surface area contributed by atoms with Gasteiger partial charge in [0.2, 0.25) is 0 Å². The lowest BCUT2D eigenvalue weighted by molar-refractivity contribution is 0.550. The Hall–Kier alpha value is -1.69. The zero-order chi connectivity index (χ0) is 14.1. The first-order chi connectivity index (χ1) is 9.70. The maximum absolute atomic E-state index is 14.1. The molecule has 1 heterocycles. The molecule has 1 atom stereocenters. The van der Waals surface area contributed by atoms with Gasteiger partial charge in [0.05, 0.1) is 12.3 Å². The van der Waals surface area contributed by atoms with E-state index in [-0.39, 0.29) is 5.82 Å². The third kappa shape index (κ3) is 2.24. The molecule has 2 aromatic carbocycles. The van der Waals surface area contributed by atoms with Gasteiger partial charge < -0.3 is 4.42 Å². The maximum Gasteiger partial charge on any atom is 0.134 e. The molecule has 3 nitrogen and oxygen atoms in total. The lowest BCUT2D eigenvalue weighted by Crippen LogP contribution is -2.29. The minimum atomic E-state index is -0.476. The van der Waals surface area contributed by atoms with Crippen molar-refractivity contribution < 1.29 is 8.81 Å². The van der Waals surface area contributed by atoms with Gasteiger partial charge in [0.1, 0.15) is 11.4 Å². The molecule has 0 saturated heterocycles. The smallest absolute Gasteiger partial charge is 0.134 e. The van der Waals surface area contributed by atoms with E-state index in [9.17, 15) is 4.39 Å². The van der Waals surface area contributed by atoms with Gasteiger partial charge in [0, 0.05) is 21.0 Å². The molecule has 0 saturated carbocycles. The Bertz CT molecular complexity index is 756. The highest BCUT2D eigenvalue weighted by Gasteiger charge is 2.21. The molecule has 0 bridgehead atoms. The molecule has 1 unspecified atom stereocenters. The molecule has 0 aliphatic rings. The van der Waals surface area contributed by atoms with Crippen LogP contribution in [0.25, 0.3) is 11.0 Å². The van der Waals surface area contributed by atoms with E-state index >= 15 is 0 Å². The molecule has 5 heteroatoms. The third-order valence-corrected chi connectivity index (χ3v) is 3.75. The Morgan fingerprint density at radius 3 is 2.75 bits per heavy atom. The summed E-state index contributed by atoms with van der Waals surface area (Å²) in [5.41, 5.74) is 4.68. The summed E-state index contributed by atoms with van der Waals surface area (Å²) in [4.78, 5) is 0. The summed E-state index contributed by atoms with van der Waals surface area (Å²) in [7, 11) is 0. The average Bonchev–Trinajstić information content (AvgIpc) is 2.88. The summed E-state index contributed by atoms with van der Waals surface area (Å²) >= 11 is 3.35. The molecule has 0 amide bonds. The van der Waals surface area contributed by atoms with E-state index in [2.05, 4.69) is 21.4 Å². The number of fused-ring (bicyclic) bond motifs is 1. The van der Waals surface area contributed by atoms with Crippen LogP contribution in [-0.2, 0) is 0 Å². The number of furan rings is 1. The SMILES string of the molecule is NNC(c1cc(Br)ccc1F)c1coc2ccccc12. The number of nitrogens with one attached hydrogen (secondary N) is 1. The van der Waals surface area contributed by atoms with Crippen LogP contribution in [0, 0.1) is 5.82 Å². The van der Waals surface area contributed by atoms with Crippen molar-refractivity contribution in [2.75, 3.05) is 0 Å². The Labute approximate surface area is 123 Å². The van der Waals surface area contributed by atoms with Crippen LogP contribution in [0.1, 0.15) is 17.2 Å². The zero-order valence-electron chi connectivity index (χ0n) is 10.4. The molecule has 0 spiro atoms. The van der Waals surface area contributed by atoms with Crippen molar-refractivity contribution in [3.05, 3.63) is 70.1 Å². The molecular weight excluding hydrogens is 323 g/mol. The monoisotopic (exact) mass is 334 g/mol. The normalized spacial score (nSPS) is 12.8. The van der Waals surface area contributed by atoms with E-state index < -0.39 is 6.04 Å². The summed E-state index contributed by atoms with van der Waals surface area (Å²) in [6.07, 6.45) is 1.61. The van der Waals surface area contributed by atoms with Gasteiger partial charge in [-0.15, -0.1) is 0 Å². The predicted octanol–water partition coefficient (Wildman–Crippen LogP) is 3.89. The molecule has 102 valence electrons. The fraction of sp³-hybridized carbons (Fsp3) is 0.0667. The average molecular weight is 335 g/mol. The second-order valence-electron chi connectivity index (χ2n) is 4.45. The van der Waals surface area contributed by atoms with E-state index in [1.165, 1.54) is 6.07 Å². The van der Waals surface area contributed by atoms with E-state index in [0.717, 1.165) is 21.0 Å². The van der Waals surface area contributed by atoms with Gasteiger partial charge in [0.25, 0.3) is 0 Å². The Morgan fingerprint density at radius 2 is 1.95 bits per heavy atom. The van der Waals surface area contributed by atoms with Crippen molar-refractivity contribution in [2.24, 2.45) is 5.84 Å². The van der Waals surface area contributed by atoms with Crippen molar-refractivity contribution >= 4 is 26.9 Å². The Morgan fingerprint density at radius 1 is 1.15 bits per heavy atom. The number of hydrogen-bond acceptors (Lipinski definition) is 3. The quantitative estimate of drug-likeness (QED) is 0.564. The van der Waals surface area contributed by atoms with Gasteiger partial charge >= 0.3 is 0 Å². The lowest BCUT2D eigenvalue weighted by atomic mass is 9.98. The van der Waals surface area contributed by atoms with E-state index in [1.54, 1.807) is 18.4 Å². The first-order valence-electron chi connectivity index (χ1n) is 6.08. The van der Waals surface area contributed by atoms with Crippen LogP contribution >= 0.6 is 15.9 Å². The molecule has 0 aliphatic heterocycles. The summed E-state index contributed by atoms with van der Waals surface area (Å²) in [6, 6.07) is 11.9. The van der Waals surface area contributed by atoms with Crippen LogP contribution < -0.4 is 11.3 Å². The van der Waals surface area contributed by atoms with Gasteiger partial charge in [-0.2, -0.15) is 0 Å². The zero-order valence-corrected chi connectivity index (χ0v) is 12.0. The number of para-hydroxylation sites is 1. The molecule has 1 aromatic heterocycles. The largest absolute Gasteiger partial charge is 0.464 e. The van der Waals surface area contributed by atoms with Crippen LogP contribution in [-0.4, -0.2) is 0 Å². The second kappa shape index (κ2) is 5.36. The first kappa shape index (κ1) is 13.3. The van der Waals surface area contributed by atoms with Gasteiger partial charge in [-0.25, -0.2) is 9.82 Å². The summed E-state index contributed by atoms with van der Waals surface area (Å²) in [5.74, 6) is 5.31. The van der Waals surface area contributed by atoms with Gasteiger partial charge in [-0.3, -0.25) is 5.84 Å². The number of benzene rings is 2. The van der Waals surface area contributed by atoms with Crippen LogP contribution in [0.15, 0.2) is 57.6 Å². The van der Waals surface area contributed by atoms with Gasteiger partial charge in [0.15, 0.2) is 0 Å². The van der Waals surface area contributed by atoms with Crippen LogP contribution in [0.4, 0.5) is 4.39 Å². The number of halogens is 2. The maximum atomic E-state index is 14.1. The van der Waals surface area contributed by atoms with Crippen molar-refractivity contribution in [2.45, 2.75) is 6.04 Å². The molecule has 3 rings (SSSR count). The highest BCUT2D eigenvalue weighted by Crippen LogP contribution is 2.32. The Kier molecular flexibility index (Phi) is 3.56. The van der Waals surface area contributed by atoms with Crippen LogP contribution in [0.3, 0.4) is 0 Å². The van der Waals surface area contributed by atoms with Crippen molar-refractivity contribution in [3.8, 4) is 0 Å². The minimum absolute atomic E-state index is 0.318. The first-order valence-corrected chi connectivity index (χ1v) is 6.87. The summed E-state index contributed by atoms with van der Waals surface area (Å²) < 4.78 is 20.3. The predicted molar refractivity (Wildman–Crippen MR) is 79.5 cm³/mol. The highest BCUT2D eigenvalue weighted by atomic mass is 79.9.